The molecule has 5 rings (SSSR count). The summed E-state index contributed by atoms with van der Waals surface area (Å²) in [5.74, 6) is 1.15. The standard InChI is InChI=1S/C27H27N3O7/c1-34-20-9-7-18-8-10-25(32)29(22(18)13-20)12-11-24(31)28-14-21-15-30(27(33)36-21)26-17-35-16-23(37-26)19-5-3-2-4-6-19/h2-3,5,7-10,13,16-17,21H,4,6,11-12,14-15H2,1H3,(H,28,31)/t21-/m1/s1. The highest BCUT2D eigenvalue weighted by atomic mass is 16.6. The van der Waals surface area contributed by atoms with Gasteiger partial charge in [0, 0.05) is 25.1 Å². The lowest BCUT2D eigenvalue weighted by atomic mass is 10.0. The van der Waals surface area contributed by atoms with Crippen molar-refractivity contribution in [3.05, 3.63) is 88.7 Å². The highest BCUT2D eigenvalue weighted by Gasteiger charge is 2.36. The van der Waals surface area contributed by atoms with E-state index in [4.69, 9.17) is 18.9 Å². The molecule has 2 amide bonds. The van der Waals surface area contributed by atoms with Crippen molar-refractivity contribution in [3.8, 4) is 5.75 Å². The first-order valence-electron chi connectivity index (χ1n) is 12.0. The number of hydrogen-bond acceptors (Lipinski definition) is 7. The van der Waals surface area contributed by atoms with E-state index in [1.807, 2.05) is 24.3 Å². The van der Waals surface area contributed by atoms with Crippen LogP contribution in [-0.2, 0) is 25.5 Å². The predicted octanol–water partition coefficient (Wildman–Crippen LogP) is 3.30. The van der Waals surface area contributed by atoms with Gasteiger partial charge in [-0.25, -0.2) is 9.69 Å². The van der Waals surface area contributed by atoms with E-state index in [0.29, 0.717) is 17.0 Å². The molecule has 3 aliphatic rings. The molecule has 1 saturated heterocycles. The Labute approximate surface area is 213 Å². The molecule has 0 bridgehead atoms. The molecule has 37 heavy (non-hydrogen) atoms. The number of allylic oxidation sites excluding steroid dienone is 4. The van der Waals surface area contributed by atoms with E-state index in [9.17, 15) is 14.4 Å². The second kappa shape index (κ2) is 10.7. The Hall–Kier alpha value is -4.47. The molecule has 3 heterocycles. The molecule has 192 valence electrons. The number of pyridine rings is 1. The van der Waals surface area contributed by atoms with Crippen LogP contribution >= 0.6 is 0 Å². The lowest BCUT2D eigenvalue weighted by Crippen LogP contribution is -2.35. The summed E-state index contributed by atoms with van der Waals surface area (Å²) in [4.78, 5) is 38.8. The zero-order valence-electron chi connectivity index (χ0n) is 20.3. The van der Waals surface area contributed by atoms with Crippen LogP contribution in [0.1, 0.15) is 19.3 Å². The molecule has 1 aromatic heterocycles. The minimum Gasteiger partial charge on any atom is -0.497 e. The number of ether oxygens (including phenoxy) is 4. The van der Waals surface area contributed by atoms with Crippen LogP contribution in [0, 0.1) is 0 Å². The number of nitrogens with zero attached hydrogens (tertiary/aromatic N) is 2. The molecule has 1 atom stereocenters. The van der Waals surface area contributed by atoms with Crippen LogP contribution < -0.4 is 15.6 Å². The molecule has 0 radical (unpaired) electrons. The van der Waals surface area contributed by atoms with Crippen molar-refractivity contribution in [2.75, 3.05) is 20.2 Å². The minimum absolute atomic E-state index is 0.0838. The van der Waals surface area contributed by atoms with Crippen LogP contribution in [0.2, 0.25) is 0 Å². The smallest absolute Gasteiger partial charge is 0.417 e. The normalized spacial score (nSPS) is 18.8. The first-order valence-corrected chi connectivity index (χ1v) is 12.0. The van der Waals surface area contributed by atoms with Gasteiger partial charge in [0.25, 0.3) is 5.56 Å². The fourth-order valence-corrected chi connectivity index (χ4v) is 4.35. The molecule has 2 aromatic rings. The third-order valence-corrected chi connectivity index (χ3v) is 6.32. The minimum atomic E-state index is -0.580. The number of benzene rings is 1. The maximum absolute atomic E-state index is 12.5. The maximum Gasteiger partial charge on any atom is 0.417 e. The van der Waals surface area contributed by atoms with Gasteiger partial charge >= 0.3 is 6.09 Å². The van der Waals surface area contributed by atoms with Gasteiger partial charge in [0.1, 0.15) is 18.1 Å². The summed E-state index contributed by atoms with van der Waals surface area (Å²) in [6.07, 6.45) is 9.49. The van der Waals surface area contributed by atoms with Crippen molar-refractivity contribution in [1.29, 1.82) is 0 Å². The molecule has 0 saturated carbocycles. The number of fused-ring (bicyclic) bond motifs is 1. The van der Waals surface area contributed by atoms with Crippen LogP contribution in [0.25, 0.3) is 10.9 Å². The Bertz CT molecular complexity index is 1400. The summed E-state index contributed by atoms with van der Waals surface area (Å²) in [6.45, 7) is 0.527. The van der Waals surface area contributed by atoms with Gasteiger partial charge in [0.05, 0.1) is 25.7 Å². The fourth-order valence-electron chi connectivity index (χ4n) is 4.35. The Morgan fingerprint density at radius 3 is 2.86 bits per heavy atom. The van der Waals surface area contributed by atoms with E-state index in [0.717, 1.165) is 23.8 Å². The average molecular weight is 506 g/mol. The van der Waals surface area contributed by atoms with Gasteiger partial charge < -0.3 is 28.8 Å². The molecule has 1 aliphatic carbocycles. The number of carbonyl (C=O) groups excluding carboxylic acids is 2. The number of cyclic esters (lactones) is 1. The molecular weight excluding hydrogens is 478 g/mol. The molecule has 0 unspecified atom stereocenters. The summed E-state index contributed by atoms with van der Waals surface area (Å²) in [5.41, 5.74) is 1.47. The van der Waals surface area contributed by atoms with Crippen molar-refractivity contribution in [3.63, 3.8) is 0 Å². The number of hydrogen-bond donors (Lipinski definition) is 1. The molecule has 10 heteroatoms. The van der Waals surface area contributed by atoms with Gasteiger partial charge in [-0.1, -0.05) is 18.2 Å². The van der Waals surface area contributed by atoms with E-state index >= 15 is 0 Å². The zero-order valence-corrected chi connectivity index (χ0v) is 20.3. The van der Waals surface area contributed by atoms with Crippen LogP contribution in [0.15, 0.2) is 83.1 Å². The fraction of sp³-hybridized carbons (Fsp3) is 0.296. The van der Waals surface area contributed by atoms with Gasteiger partial charge in [-0.2, -0.15) is 0 Å². The van der Waals surface area contributed by atoms with Crippen LogP contribution in [-0.4, -0.2) is 47.8 Å². The van der Waals surface area contributed by atoms with E-state index in [1.165, 1.54) is 23.5 Å². The Morgan fingerprint density at radius 1 is 1.19 bits per heavy atom. The number of aryl methyl sites for hydroxylation is 1. The SMILES string of the molecule is COc1ccc2ccc(=O)n(CCC(=O)NC[C@@H]3CN(C4=COC=C(C5=CC=CCC5)O4)C(=O)O3)c2c1. The van der Waals surface area contributed by atoms with E-state index < -0.39 is 12.2 Å². The molecule has 1 fully saturated rings. The van der Waals surface area contributed by atoms with Crippen molar-refractivity contribution in [2.45, 2.75) is 31.9 Å². The van der Waals surface area contributed by atoms with E-state index in [1.54, 1.807) is 23.8 Å². The summed E-state index contributed by atoms with van der Waals surface area (Å²) in [6, 6.07) is 8.68. The third-order valence-electron chi connectivity index (χ3n) is 6.32. The predicted molar refractivity (Wildman–Crippen MR) is 134 cm³/mol. The molecule has 1 N–H and O–H groups in total. The van der Waals surface area contributed by atoms with Crippen molar-refractivity contribution < 1.29 is 28.5 Å². The van der Waals surface area contributed by atoms with Crippen LogP contribution in [0.5, 0.6) is 5.75 Å². The van der Waals surface area contributed by atoms with Gasteiger partial charge in [-0.05, 0) is 42.0 Å². The topological polar surface area (TPSA) is 108 Å². The van der Waals surface area contributed by atoms with E-state index in [2.05, 4.69) is 11.4 Å². The van der Waals surface area contributed by atoms with E-state index in [-0.39, 0.29) is 43.4 Å². The molecule has 1 aromatic carbocycles. The van der Waals surface area contributed by atoms with Crippen molar-refractivity contribution in [2.24, 2.45) is 0 Å². The zero-order chi connectivity index (χ0) is 25.8. The van der Waals surface area contributed by atoms with Gasteiger partial charge in [0.2, 0.25) is 11.8 Å². The second-order valence-corrected chi connectivity index (χ2v) is 8.75. The number of methoxy groups -OCH3 is 1. The highest BCUT2D eigenvalue weighted by Crippen LogP contribution is 2.29. The van der Waals surface area contributed by atoms with Crippen molar-refractivity contribution >= 4 is 22.9 Å². The average Bonchev–Trinajstić information content (AvgIpc) is 3.32. The highest BCUT2D eigenvalue weighted by molar-refractivity contribution is 5.81. The summed E-state index contributed by atoms with van der Waals surface area (Å²) >= 11 is 0. The monoisotopic (exact) mass is 505 g/mol. The maximum atomic E-state index is 12.5. The Kier molecular flexibility index (Phi) is 6.98. The summed E-state index contributed by atoms with van der Waals surface area (Å²) in [7, 11) is 1.56. The molecule has 2 aliphatic heterocycles. The summed E-state index contributed by atoms with van der Waals surface area (Å²) in [5, 5.41) is 3.66. The Morgan fingerprint density at radius 2 is 2.05 bits per heavy atom. The third kappa shape index (κ3) is 5.37. The largest absolute Gasteiger partial charge is 0.497 e. The number of aromatic nitrogens is 1. The summed E-state index contributed by atoms with van der Waals surface area (Å²) < 4.78 is 23.5. The number of carbonyl (C=O) groups is 2. The quantitative estimate of drug-likeness (QED) is 0.586. The lowest BCUT2D eigenvalue weighted by Gasteiger charge is -2.23. The molecular formula is C27H27N3O7. The number of rotatable bonds is 8. The van der Waals surface area contributed by atoms with Gasteiger partial charge in [-0.3, -0.25) is 9.59 Å². The van der Waals surface area contributed by atoms with Crippen molar-refractivity contribution in [1.82, 2.24) is 14.8 Å². The molecule has 0 spiro atoms. The van der Waals surface area contributed by atoms with Crippen LogP contribution in [0.4, 0.5) is 4.79 Å². The Balaban J connectivity index is 1.14. The first-order chi connectivity index (χ1) is 18.0. The number of nitrogens with one attached hydrogen (secondary N) is 1. The van der Waals surface area contributed by atoms with Crippen LogP contribution in [0.3, 0.4) is 0 Å². The number of amides is 2. The second-order valence-electron chi connectivity index (χ2n) is 8.75. The molecule has 10 nitrogen and oxygen atoms in total. The lowest BCUT2D eigenvalue weighted by molar-refractivity contribution is -0.121. The first kappa shape index (κ1) is 24.2. The van der Waals surface area contributed by atoms with Gasteiger partial charge in [0.15, 0.2) is 12.0 Å². The van der Waals surface area contributed by atoms with Gasteiger partial charge in [-0.15, -0.1) is 0 Å².